The van der Waals surface area contributed by atoms with E-state index in [1.165, 1.54) is 22.5 Å². The summed E-state index contributed by atoms with van der Waals surface area (Å²) in [6, 6.07) is 27.1. The highest BCUT2D eigenvalue weighted by atomic mass is 32.1. The van der Waals surface area contributed by atoms with E-state index in [0.29, 0.717) is 11.6 Å². The van der Waals surface area contributed by atoms with E-state index < -0.39 is 5.41 Å². The van der Waals surface area contributed by atoms with Crippen LogP contribution in [0.25, 0.3) is 12.2 Å². The summed E-state index contributed by atoms with van der Waals surface area (Å²) in [6.45, 7) is 2.06. The molecule has 2 atom stereocenters. The molecule has 1 amide bonds. The Labute approximate surface area is 191 Å². The van der Waals surface area contributed by atoms with Crippen LogP contribution in [0, 0.1) is 5.41 Å². The topological polar surface area (TPSA) is 54.9 Å². The van der Waals surface area contributed by atoms with Gasteiger partial charge in [-0.2, -0.15) is 0 Å². The second-order valence-corrected chi connectivity index (χ2v) is 9.17. The van der Waals surface area contributed by atoms with Crippen LogP contribution in [0.3, 0.4) is 0 Å². The zero-order valence-corrected chi connectivity index (χ0v) is 18.5. The van der Waals surface area contributed by atoms with Crippen LogP contribution >= 0.6 is 11.3 Å². The number of amides is 1. The fraction of sp³-hybridized carbons (Fsp3) is 0.148. The summed E-state index contributed by atoms with van der Waals surface area (Å²) >= 11 is 1.33. The summed E-state index contributed by atoms with van der Waals surface area (Å²) in [4.78, 5) is 13.5. The molecule has 4 nitrogen and oxygen atoms in total. The first kappa shape index (κ1) is 20.3. The highest BCUT2D eigenvalue weighted by Crippen LogP contribution is 2.51. The number of carbonyl (C=O) groups is 1. The lowest BCUT2D eigenvalue weighted by Gasteiger charge is -2.30. The smallest absolute Gasteiger partial charge is 0.233 e. The van der Waals surface area contributed by atoms with Crippen LogP contribution in [-0.4, -0.2) is 16.1 Å². The average Bonchev–Trinajstić information content (AvgIpc) is 3.44. The molecule has 4 aromatic rings. The van der Waals surface area contributed by atoms with Gasteiger partial charge in [-0.3, -0.25) is 4.79 Å². The molecule has 0 bridgehead atoms. The van der Waals surface area contributed by atoms with Gasteiger partial charge in [-0.25, -0.2) is 0 Å². The zero-order chi connectivity index (χ0) is 22.0. The maximum atomic E-state index is 13.5. The third kappa shape index (κ3) is 3.87. The summed E-state index contributed by atoms with van der Waals surface area (Å²) in [6.07, 6.45) is 4.93. The maximum Gasteiger partial charge on any atom is 0.233 e. The van der Waals surface area contributed by atoms with E-state index in [-0.39, 0.29) is 11.8 Å². The van der Waals surface area contributed by atoms with Crippen LogP contribution in [0.5, 0.6) is 0 Å². The number of anilines is 1. The third-order valence-corrected chi connectivity index (χ3v) is 6.78. The number of hydrogen-bond acceptors (Lipinski definition) is 4. The van der Waals surface area contributed by atoms with Gasteiger partial charge in [0.2, 0.25) is 11.0 Å². The molecule has 5 heteroatoms. The molecule has 32 heavy (non-hydrogen) atoms. The number of rotatable bonds is 5. The normalized spacial score (nSPS) is 19.7. The average molecular weight is 438 g/mol. The van der Waals surface area contributed by atoms with E-state index in [9.17, 15) is 4.79 Å². The third-order valence-electron chi connectivity index (χ3n) is 6.18. The first-order valence-electron chi connectivity index (χ1n) is 10.6. The number of aromatic nitrogens is 2. The fourth-order valence-corrected chi connectivity index (χ4v) is 5.06. The van der Waals surface area contributed by atoms with Crippen molar-refractivity contribution in [2.45, 2.75) is 19.3 Å². The Kier molecular flexibility index (Phi) is 5.41. The number of fused-ring (bicyclic) bond motifs is 1. The lowest BCUT2D eigenvalue weighted by molar-refractivity contribution is -0.125. The molecule has 1 N–H and O–H groups in total. The van der Waals surface area contributed by atoms with Gasteiger partial charge in [0.25, 0.3) is 0 Å². The Hall–Kier alpha value is -3.57. The van der Waals surface area contributed by atoms with Crippen molar-refractivity contribution in [3.05, 3.63) is 112 Å². The molecule has 3 aromatic carbocycles. The van der Waals surface area contributed by atoms with Crippen molar-refractivity contribution in [2.24, 2.45) is 5.41 Å². The highest BCUT2D eigenvalue weighted by Gasteiger charge is 2.48. The summed E-state index contributed by atoms with van der Waals surface area (Å²) in [7, 11) is 0. The molecule has 0 spiro atoms. The van der Waals surface area contributed by atoms with Crippen LogP contribution in [0.15, 0.2) is 84.4 Å². The van der Waals surface area contributed by atoms with E-state index in [1.807, 2.05) is 36.4 Å². The van der Waals surface area contributed by atoms with Gasteiger partial charge in [-0.05, 0) is 41.2 Å². The second kappa shape index (κ2) is 8.52. The van der Waals surface area contributed by atoms with Crippen LogP contribution < -0.4 is 5.32 Å². The van der Waals surface area contributed by atoms with E-state index in [2.05, 4.69) is 77.1 Å². The molecule has 0 saturated carbocycles. The molecule has 1 aromatic heterocycles. The minimum atomic E-state index is -0.628. The molecule has 0 fully saturated rings. The Morgan fingerprint density at radius 1 is 1.00 bits per heavy atom. The molecule has 0 unspecified atom stereocenters. The fourth-order valence-electron chi connectivity index (χ4n) is 4.62. The molecule has 1 heterocycles. The van der Waals surface area contributed by atoms with Crippen molar-refractivity contribution in [3.63, 3.8) is 0 Å². The first-order valence-corrected chi connectivity index (χ1v) is 11.5. The number of nitrogens with one attached hydrogen (secondary N) is 1. The predicted molar refractivity (Wildman–Crippen MR) is 130 cm³/mol. The van der Waals surface area contributed by atoms with Crippen molar-refractivity contribution in [2.75, 3.05) is 5.32 Å². The van der Waals surface area contributed by atoms with Crippen LogP contribution in [-0.2, 0) is 11.2 Å². The van der Waals surface area contributed by atoms with Crippen LogP contribution in [0.2, 0.25) is 0 Å². The highest BCUT2D eigenvalue weighted by molar-refractivity contribution is 7.13. The SMILES string of the molecule is C[C@]1(C(=O)Nc2nncs2)Cc2ccc(/C=C/c3ccccc3)cc2[C@H]1c1ccccc1. The number of benzene rings is 3. The number of nitrogens with zero attached hydrogens (tertiary/aromatic N) is 2. The van der Waals surface area contributed by atoms with E-state index in [0.717, 1.165) is 16.7 Å². The molecule has 158 valence electrons. The molecule has 0 aliphatic heterocycles. The number of hydrogen-bond donors (Lipinski definition) is 1. The molecule has 1 aliphatic rings. The van der Waals surface area contributed by atoms with Gasteiger partial charge in [0.15, 0.2) is 0 Å². The molecular weight excluding hydrogens is 414 g/mol. The minimum Gasteiger partial charge on any atom is -0.300 e. The lowest BCUT2D eigenvalue weighted by Crippen LogP contribution is -2.37. The van der Waals surface area contributed by atoms with E-state index >= 15 is 0 Å². The van der Waals surface area contributed by atoms with Crippen LogP contribution in [0.4, 0.5) is 5.13 Å². The standard InChI is InChI=1S/C27H23N3OS/c1-27(25(31)29-26-30-28-18-32-26)17-22-15-14-20(13-12-19-8-4-2-5-9-19)16-23(22)24(27)21-10-6-3-7-11-21/h2-16,18,24H,17H2,1H3,(H,29,30,31)/b13-12+/t24-,27+/m1/s1. The van der Waals surface area contributed by atoms with E-state index in [4.69, 9.17) is 0 Å². The van der Waals surface area contributed by atoms with Crippen molar-refractivity contribution in [1.29, 1.82) is 0 Å². The monoisotopic (exact) mass is 437 g/mol. The summed E-state index contributed by atoms with van der Waals surface area (Å²) in [5.41, 5.74) is 6.85. The summed E-state index contributed by atoms with van der Waals surface area (Å²) in [5, 5.41) is 11.4. The molecule has 5 rings (SSSR count). The van der Waals surface area contributed by atoms with E-state index in [1.54, 1.807) is 5.51 Å². The van der Waals surface area contributed by atoms with Gasteiger partial charge in [0, 0.05) is 5.92 Å². The largest absolute Gasteiger partial charge is 0.300 e. The number of carbonyl (C=O) groups excluding carboxylic acids is 1. The van der Waals surface area contributed by atoms with Crippen molar-refractivity contribution in [1.82, 2.24) is 10.2 Å². The zero-order valence-electron chi connectivity index (χ0n) is 17.7. The quantitative estimate of drug-likeness (QED) is 0.387. The maximum absolute atomic E-state index is 13.5. The summed E-state index contributed by atoms with van der Waals surface area (Å²) < 4.78 is 0. The second-order valence-electron chi connectivity index (χ2n) is 8.34. The molecule has 0 saturated heterocycles. The van der Waals surface area contributed by atoms with Crippen molar-refractivity contribution in [3.8, 4) is 0 Å². The van der Waals surface area contributed by atoms with Gasteiger partial charge < -0.3 is 5.32 Å². The Bertz CT molecular complexity index is 1250. The molecular formula is C27H23N3OS. The lowest BCUT2D eigenvalue weighted by atomic mass is 9.73. The minimum absolute atomic E-state index is 0.0271. The Morgan fingerprint density at radius 2 is 1.72 bits per heavy atom. The van der Waals surface area contributed by atoms with Gasteiger partial charge >= 0.3 is 0 Å². The van der Waals surface area contributed by atoms with Gasteiger partial charge in [-0.1, -0.05) is 102 Å². The molecule has 1 aliphatic carbocycles. The predicted octanol–water partition coefficient (Wildman–Crippen LogP) is 6.04. The van der Waals surface area contributed by atoms with Gasteiger partial charge in [-0.15, -0.1) is 10.2 Å². The summed E-state index contributed by atoms with van der Waals surface area (Å²) in [5.74, 6) is -0.0719. The van der Waals surface area contributed by atoms with Gasteiger partial charge in [0.05, 0.1) is 5.41 Å². The first-order chi connectivity index (χ1) is 15.6. The Morgan fingerprint density at radius 3 is 2.44 bits per heavy atom. The van der Waals surface area contributed by atoms with Gasteiger partial charge in [0.1, 0.15) is 5.51 Å². The Balaban J connectivity index is 1.53. The van der Waals surface area contributed by atoms with Crippen molar-refractivity contribution >= 4 is 34.5 Å². The molecule has 0 radical (unpaired) electrons. The van der Waals surface area contributed by atoms with Crippen molar-refractivity contribution < 1.29 is 4.79 Å². The van der Waals surface area contributed by atoms with Crippen LogP contribution in [0.1, 0.15) is 40.7 Å².